The maximum absolute atomic E-state index is 12.3. The smallest absolute Gasteiger partial charge is 0.355 e. The third kappa shape index (κ3) is 4.28. The van der Waals surface area contributed by atoms with Crippen LogP contribution >= 0.6 is 11.6 Å². The second kappa shape index (κ2) is 8.49. The summed E-state index contributed by atoms with van der Waals surface area (Å²) in [7, 11) is 0. The molecule has 3 aromatic rings. The number of H-pyrrole nitrogens is 1. The van der Waals surface area contributed by atoms with E-state index in [4.69, 9.17) is 21.1 Å². The van der Waals surface area contributed by atoms with E-state index in [9.17, 15) is 4.79 Å². The summed E-state index contributed by atoms with van der Waals surface area (Å²) in [6.45, 7) is 6.66. The van der Waals surface area contributed by atoms with Crippen LogP contribution in [0.3, 0.4) is 0 Å². The van der Waals surface area contributed by atoms with E-state index in [2.05, 4.69) is 4.98 Å². The Hall–Kier alpha value is -2.46. The van der Waals surface area contributed by atoms with Crippen molar-refractivity contribution in [1.29, 1.82) is 0 Å². The lowest BCUT2D eigenvalue weighted by atomic mass is 10.1. The summed E-state index contributed by atoms with van der Waals surface area (Å²) in [6.07, 6.45) is 1.51. The largest absolute Gasteiger partial charge is 0.494 e. The Kier molecular flexibility index (Phi) is 6.07. The van der Waals surface area contributed by atoms with Gasteiger partial charge in [0.15, 0.2) is 0 Å². The van der Waals surface area contributed by atoms with Gasteiger partial charge in [-0.25, -0.2) is 4.79 Å². The summed E-state index contributed by atoms with van der Waals surface area (Å²) in [6, 6.07) is 11.8. The van der Waals surface area contributed by atoms with Gasteiger partial charge in [-0.15, -0.1) is 0 Å². The highest BCUT2D eigenvalue weighted by atomic mass is 35.5. The first kappa shape index (κ1) is 19.3. The van der Waals surface area contributed by atoms with E-state index in [0.717, 1.165) is 51.2 Å². The molecular formula is C22H24ClNO3. The minimum Gasteiger partial charge on any atom is -0.494 e. The summed E-state index contributed by atoms with van der Waals surface area (Å²) in [5.41, 5.74) is 4.48. The highest BCUT2D eigenvalue weighted by molar-refractivity contribution is 6.32. The molecular weight excluding hydrogens is 362 g/mol. The average molecular weight is 386 g/mol. The molecule has 0 amide bonds. The molecule has 4 nitrogen and oxygen atoms in total. The number of hydrogen-bond acceptors (Lipinski definition) is 3. The van der Waals surface area contributed by atoms with E-state index in [0.29, 0.717) is 18.9 Å². The Balaban J connectivity index is 1.71. The van der Waals surface area contributed by atoms with Crippen LogP contribution in [0, 0.1) is 13.8 Å². The second-order valence-corrected chi connectivity index (χ2v) is 6.95. The van der Waals surface area contributed by atoms with Crippen LogP contribution in [0.2, 0.25) is 5.02 Å². The summed E-state index contributed by atoms with van der Waals surface area (Å²) in [5.74, 6) is 0.507. The molecule has 1 N–H and O–H groups in total. The topological polar surface area (TPSA) is 51.3 Å². The van der Waals surface area contributed by atoms with Gasteiger partial charge < -0.3 is 14.5 Å². The maximum Gasteiger partial charge on any atom is 0.355 e. The number of carbonyl (C=O) groups is 1. The molecule has 0 aliphatic carbocycles. The van der Waals surface area contributed by atoms with E-state index in [1.54, 1.807) is 0 Å². The molecule has 0 saturated heterocycles. The number of esters is 1. The van der Waals surface area contributed by atoms with Gasteiger partial charge >= 0.3 is 5.97 Å². The fourth-order valence-corrected chi connectivity index (χ4v) is 3.37. The zero-order valence-corrected chi connectivity index (χ0v) is 16.7. The van der Waals surface area contributed by atoms with E-state index in [1.807, 2.05) is 57.2 Å². The zero-order valence-electron chi connectivity index (χ0n) is 15.9. The van der Waals surface area contributed by atoms with Crippen LogP contribution in [0.25, 0.3) is 10.9 Å². The van der Waals surface area contributed by atoms with Crippen molar-refractivity contribution in [2.75, 3.05) is 13.2 Å². The molecule has 1 aromatic heterocycles. The number of hydrogen-bond donors (Lipinski definition) is 1. The molecule has 142 valence electrons. The molecule has 1 heterocycles. The van der Waals surface area contributed by atoms with Crippen molar-refractivity contribution >= 4 is 28.5 Å². The Labute approximate surface area is 164 Å². The van der Waals surface area contributed by atoms with Gasteiger partial charge in [-0.1, -0.05) is 29.8 Å². The number of nitrogens with one attached hydrogen (secondary N) is 1. The molecule has 5 heteroatoms. The van der Waals surface area contributed by atoms with Crippen LogP contribution in [0.15, 0.2) is 36.4 Å². The van der Waals surface area contributed by atoms with Crippen molar-refractivity contribution in [3.05, 3.63) is 63.8 Å². The lowest BCUT2D eigenvalue weighted by molar-refractivity contribution is 0.0519. The minimum atomic E-state index is -0.312. The molecule has 0 aliphatic rings. The lowest BCUT2D eigenvalue weighted by Crippen LogP contribution is -2.09. The number of rotatable bonds is 7. The van der Waals surface area contributed by atoms with E-state index >= 15 is 0 Å². The van der Waals surface area contributed by atoms with Crippen molar-refractivity contribution < 1.29 is 14.3 Å². The molecule has 0 spiro atoms. The van der Waals surface area contributed by atoms with Gasteiger partial charge in [0.05, 0.1) is 13.2 Å². The van der Waals surface area contributed by atoms with E-state index in [-0.39, 0.29) is 5.97 Å². The van der Waals surface area contributed by atoms with Crippen LogP contribution < -0.4 is 4.74 Å². The monoisotopic (exact) mass is 385 g/mol. The highest BCUT2D eigenvalue weighted by Gasteiger charge is 2.18. The summed E-state index contributed by atoms with van der Waals surface area (Å²) in [5, 5.41) is 1.83. The van der Waals surface area contributed by atoms with Gasteiger partial charge in [0.25, 0.3) is 0 Å². The molecule has 0 radical (unpaired) electrons. The molecule has 3 rings (SSSR count). The third-order valence-electron chi connectivity index (χ3n) is 4.54. The Morgan fingerprint density at radius 2 is 1.85 bits per heavy atom. The summed E-state index contributed by atoms with van der Waals surface area (Å²) < 4.78 is 11.1. The molecule has 0 fully saturated rings. The number of halogens is 1. The van der Waals surface area contributed by atoms with Gasteiger partial charge in [-0.2, -0.15) is 0 Å². The van der Waals surface area contributed by atoms with Gasteiger partial charge in [0.2, 0.25) is 0 Å². The normalized spacial score (nSPS) is 11.0. The first-order chi connectivity index (χ1) is 13.0. The number of aromatic amines is 1. The number of para-hydroxylation sites is 1. The Bertz CT molecular complexity index is 938. The zero-order chi connectivity index (χ0) is 19.4. The Morgan fingerprint density at radius 1 is 1.15 bits per heavy atom. The number of aryl methyl sites for hydroxylation is 3. The van der Waals surface area contributed by atoms with E-state index < -0.39 is 0 Å². The number of aromatic nitrogens is 1. The van der Waals surface area contributed by atoms with Crippen LogP contribution in [-0.4, -0.2) is 24.2 Å². The summed E-state index contributed by atoms with van der Waals surface area (Å²) >= 11 is 6.20. The molecule has 0 aliphatic heterocycles. The fraction of sp³-hybridized carbons (Fsp3) is 0.318. The summed E-state index contributed by atoms with van der Waals surface area (Å²) in [4.78, 5) is 15.5. The molecule has 27 heavy (non-hydrogen) atoms. The highest BCUT2D eigenvalue weighted by Crippen LogP contribution is 2.27. The van der Waals surface area contributed by atoms with Crippen LogP contribution in [0.1, 0.15) is 40.5 Å². The number of carbonyl (C=O) groups excluding carboxylic acids is 1. The molecule has 0 bridgehead atoms. The molecule has 2 aromatic carbocycles. The van der Waals surface area contributed by atoms with Crippen LogP contribution in [-0.2, 0) is 11.2 Å². The molecule has 0 saturated carbocycles. The SMILES string of the molecule is CCOC(=O)c1[nH]c2ccccc2c1CCCOc1cc(C)c(Cl)c(C)c1. The number of benzene rings is 2. The minimum absolute atomic E-state index is 0.312. The van der Waals surface area contributed by atoms with Crippen molar-refractivity contribution in [2.24, 2.45) is 0 Å². The van der Waals surface area contributed by atoms with Crippen molar-refractivity contribution in [3.8, 4) is 5.75 Å². The average Bonchev–Trinajstić information content (AvgIpc) is 3.02. The first-order valence-corrected chi connectivity index (χ1v) is 9.55. The quantitative estimate of drug-likeness (QED) is 0.423. The number of ether oxygens (including phenoxy) is 2. The molecule has 0 atom stereocenters. The third-order valence-corrected chi connectivity index (χ3v) is 5.14. The van der Waals surface area contributed by atoms with Crippen molar-refractivity contribution in [3.63, 3.8) is 0 Å². The maximum atomic E-state index is 12.3. The first-order valence-electron chi connectivity index (χ1n) is 9.17. The van der Waals surface area contributed by atoms with Crippen molar-refractivity contribution in [1.82, 2.24) is 4.98 Å². The predicted octanol–water partition coefficient (Wildman–Crippen LogP) is 5.63. The molecule has 0 unspecified atom stereocenters. The van der Waals surface area contributed by atoms with Crippen LogP contribution in [0.4, 0.5) is 0 Å². The number of fused-ring (bicyclic) bond motifs is 1. The van der Waals surface area contributed by atoms with E-state index in [1.165, 1.54) is 0 Å². The predicted molar refractivity (Wildman–Crippen MR) is 109 cm³/mol. The second-order valence-electron chi connectivity index (χ2n) is 6.57. The van der Waals surface area contributed by atoms with Gasteiger partial charge in [0.1, 0.15) is 11.4 Å². The van der Waals surface area contributed by atoms with Gasteiger partial charge in [-0.3, -0.25) is 0 Å². The lowest BCUT2D eigenvalue weighted by Gasteiger charge is -2.10. The Morgan fingerprint density at radius 3 is 2.56 bits per heavy atom. The van der Waals surface area contributed by atoms with Crippen LogP contribution in [0.5, 0.6) is 5.75 Å². The fourth-order valence-electron chi connectivity index (χ4n) is 3.27. The van der Waals surface area contributed by atoms with Gasteiger partial charge in [-0.05, 0) is 68.5 Å². The standard InChI is InChI=1S/C22H24ClNO3/c1-4-26-22(25)21-18(17-8-5-6-10-19(17)24-21)9-7-11-27-16-12-14(2)20(23)15(3)13-16/h5-6,8,10,12-13,24H,4,7,9,11H2,1-3H3. The van der Waals surface area contributed by atoms with Gasteiger partial charge in [0, 0.05) is 15.9 Å². The van der Waals surface area contributed by atoms with Crippen molar-refractivity contribution in [2.45, 2.75) is 33.6 Å².